The topological polar surface area (TPSA) is 68.9 Å². The zero-order valence-corrected chi connectivity index (χ0v) is 16.1. The molecule has 1 fully saturated rings. The maximum absolute atomic E-state index is 12.1. The first-order valence-electron chi connectivity index (χ1n) is 8.81. The fraction of sp³-hybridized carbons (Fsp3) is 0.632. The normalized spacial score (nSPS) is 17.0. The zero-order chi connectivity index (χ0) is 18.9. The lowest BCUT2D eigenvalue weighted by Gasteiger charge is -2.36. The van der Waals surface area contributed by atoms with Gasteiger partial charge >= 0.3 is 6.09 Å². The van der Waals surface area contributed by atoms with E-state index in [-0.39, 0.29) is 6.09 Å². The van der Waals surface area contributed by atoms with E-state index in [2.05, 4.69) is 22.9 Å². The van der Waals surface area contributed by atoms with E-state index in [0.29, 0.717) is 18.8 Å². The van der Waals surface area contributed by atoms with Crippen molar-refractivity contribution < 1.29 is 9.53 Å². The second-order valence-corrected chi connectivity index (χ2v) is 7.04. The van der Waals surface area contributed by atoms with Gasteiger partial charge in [-0.1, -0.05) is 19.4 Å². The monoisotopic (exact) mass is 346 g/mol. The van der Waals surface area contributed by atoms with E-state index < -0.39 is 5.60 Å². The van der Waals surface area contributed by atoms with Crippen LogP contribution in [0.15, 0.2) is 29.0 Å². The number of nitriles is 1. The smallest absolute Gasteiger partial charge is 0.410 e. The zero-order valence-electron chi connectivity index (χ0n) is 16.1. The summed E-state index contributed by atoms with van der Waals surface area (Å²) in [5.41, 5.74) is 0.915. The number of carbonyl (C=O) groups excluding carboxylic acids is 1. The number of amides is 1. The van der Waals surface area contributed by atoms with E-state index in [0.717, 1.165) is 31.6 Å². The van der Waals surface area contributed by atoms with Gasteiger partial charge in [0.25, 0.3) is 0 Å². The molecule has 1 amide bonds. The highest BCUT2D eigenvalue weighted by atomic mass is 16.6. The number of hydrogen-bond donors (Lipinski definition) is 0. The van der Waals surface area contributed by atoms with Gasteiger partial charge in [0.1, 0.15) is 17.4 Å². The maximum atomic E-state index is 12.1. The van der Waals surface area contributed by atoms with Crippen LogP contribution >= 0.6 is 0 Å². The van der Waals surface area contributed by atoms with Crippen molar-refractivity contribution in [1.82, 2.24) is 9.80 Å². The molecule has 6 heteroatoms. The Morgan fingerprint density at radius 2 is 1.84 bits per heavy atom. The lowest BCUT2D eigenvalue weighted by molar-refractivity contribution is 0.0169. The van der Waals surface area contributed by atoms with Crippen molar-refractivity contribution in [3.05, 3.63) is 24.0 Å². The molecule has 1 saturated heterocycles. The number of hydrogen-bond acceptors (Lipinski definition) is 5. The minimum atomic E-state index is -0.474. The fourth-order valence-electron chi connectivity index (χ4n) is 2.28. The number of ether oxygens (including phenoxy) is 1. The molecule has 0 aromatic rings. The summed E-state index contributed by atoms with van der Waals surface area (Å²) in [6, 6.07) is 2.09. The van der Waals surface area contributed by atoms with E-state index in [1.807, 2.05) is 33.8 Å². The summed E-state index contributed by atoms with van der Waals surface area (Å²) in [4.78, 5) is 20.2. The van der Waals surface area contributed by atoms with Gasteiger partial charge in [0.05, 0.1) is 0 Å². The first-order chi connectivity index (χ1) is 11.8. The maximum Gasteiger partial charge on any atom is 0.410 e. The van der Waals surface area contributed by atoms with Crippen LogP contribution < -0.4 is 0 Å². The van der Waals surface area contributed by atoms with Crippen LogP contribution in [0.2, 0.25) is 0 Å². The van der Waals surface area contributed by atoms with Gasteiger partial charge in [0.2, 0.25) is 0 Å². The molecule has 0 spiro atoms. The molecule has 1 heterocycles. The number of allylic oxidation sites excluding steroid dienone is 3. The van der Waals surface area contributed by atoms with Crippen molar-refractivity contribution in [1.29, 1.82) is 5.26 Å². The molecule has 0 aromatic carbocycles. The average Bonchev–Trinajstić information content (AvgIpc) is 2.56. The Hall–Kier alpha value is -2.29. The summed E-state index contributed by atoms with van der Waals surface area (Å²) in [6.45, 7) is 12.4. The molecule has 1 rings (SSSR count). The van der Waals surface area contributed by atoms with Gasteiger partial charge in [0, 0.05) is 38.1 Å². The molecule has 0 atom stereocenters. The number of carbonyl (C=O) groups is 1. The SMILES string of the molecule is CCC/C=C/C(C#N)=N\C=C(/C)N1CCN(C(=O)OC(C)(C)C)CC1. The van der Waals surface area contributed by atoms with Crippen LogP contribution in [0.1, 0.15) is 47.5 Å². The number of nitrogens with zero attached hydrogens (tertiary/aromatic N) is 4. The summed E-state index contributed by atoms with van der Waals surface area (Å²) in [5.74, 6) is 0. The van der Waals surface area contributed by atoms with Crippen molar-refractivity contribution in [3.8, 4) is 6.07 Å². The summed E-state index contributed by atoms with van der Waals surface area (Å²) < 4.78 is 5.40. The van der Waals surface area contributed by atoms with Gasteiger partial charge in [-0.2, -0.15) is 5.26 Å². The van der Waals surface area contributed by atoms with Crippen LogP contribution in [0.5, 0.6) is 0 Å². The van der Waals surface area contributed by atoms with Gasteiger partial charge in [-0.25, -0.2) is 9.79 Å². The Kier molecular flexibility index (Phi) is 8.20. The van der Waals surface area contributed by atoms with Crippen molar-refractivity contribution in [2.75, 3.05) is 26.2 Å². The van der Waals surface area contributed by atoms with Crippen molar-refractivity contribution in [3.63, 3.8) is 0 Å². The van der Waals surface area contributed by atoms with E-state index >= 15 is 0 Å². The minimum Gasteiger partial charge on any atom is -0.444 e. The molecule has 0 saturated carbocycles. The molecule has 1 aliphatic heterocycles. The Morgan fingerprint density at radius 1 is 1.24 bits per heavy atom. The summed E-state index contributed by atoms with van der Waals surface area (Å²) in [5, 5.41) is 9.10. The Labute approximate surface area is 151 Å². The van der Waals surface area contributed by atoms with Crippen LogP contribution in [-0.2, 0) is 4.74 Å². The molecular formula is C19H30N4O2. The van der Waals surface area contributed by atoms with Crippen molar-refractivity contribution in [2.45, 2.75) is 53.1 Å². The van der Waals surface area contributed by atoms with Crippen LogP contribution in [-0.4, -0.2) is 53.4 Å². The second-order valence-electron chi connectivity index (χ2n) is 7.04. The molecule has 1 aliphatic rings. The predicted octanol–water partition coefficient (Wildman–Crippen LogP) is 3.72. The molecule has 0 radical (unpaired) electrons. The van der Waals surface area contributed by atoms with Gasteiger partial charge in [-0.3, -0.25) is 0 Å². The van der Waals surface area contributed by atoms with Gasteiger partial charge in [-0.05, 0) is 40.2 Å². The third kappa shape index (κ3) is 7.88. The molecule has 6 nitrogen and oxygen atoms in total. The summed E-state index contributed by atoms with van der Waals surface area (Å²) >= 11 is 0. The van der Waals surface area contributed by atoms with Crippen LogP contribution in [0.3, 0.4) is 0 Å². The highest BCUT2D eigenvalue weighted by Gasteiger charge is 2.25. The summed E-state index contributed by atoms with van der Waals surface area (Å²) in [6.07, 6.45) is 7.16. The lowest BCUT2D eigenvalue weighted by atomic mass is 10.2. The van der Waals surface area contributed by atoms with Crippen molar-refractivity contribution >= 4 is 11.8 Å². The first kappa shape index (κ1) is 20.8. The second kappa shape index (κ2) is 9.87. The Bertz CT molecular complexity index is 571. The van der Waals surface area contributed by atoms with Crippen molar-refractivity contribution in [2.24, 2.45) is 4.99 Å². The number of aliphatic imine (C=N–C) groups is 1. The molecule has 25 heavy (non-hydrogen) atoms. The third-order valence-electron chi connectivity index (χ3n) is 3.67. The van der Waals surface area contributed by atoms with Crippen LogP contribution in [0, 0.1) is 11.3 Å². The van der Waals surface area contributed by atoms with E-state index in [1.54, 1.807) is 17.2 Å². The number of rotatable bonds is 5. The highest BCUT2D eigenvalue weighted by Crippen LogP contribution is 2.14. The molecule has 0 aliphatic carbocycles. The van der Waals surface area contributed by atoms with Crippen LogP contribution in [0.25, 0.3) is 0 Å². The molecular weight excluding hydrogens is 316 g/mol. The Balaban J connectivity index is 2.58. The van der Waals surface area contributed by atoms with Gasteiger partial charge in [0.15, 0.2) is 0 Å². The largest absolute Gasteiger partial charge is 0.444 e. The number of piperazine rings is 1. The van der Waals surface area contributed by atoms with E-state index in [9.17, 15) is 4.79 Å². The minimum absolute atomic E-state index is 0.264. The third-order valence-corrected chi connectivity index (χ3v) is 3.67. The van der Waals surface area contributed by atoms with E-state index in [4.69, 9.17) is 10.00 Å². The molecule has 0 N–H and O–H groups in total. The lowest BCUT2D eigenvalue weighted by Crippen LogP contribution is -2.49. The molecule has 0 bridgehead atoms. The van der Waals surface area contributed by atoms with E-state index in [1.165, 1.54) is 0 Å². The Morgan fingerprint density at radius 3 is 2.36 bits per heavy atom. The molecule has 138 valence electrons. The number of unbranched alkanes of at least 4 members (excludes halogenated alkanes) is 1. The quantitative estimate of drug-likeness (QED) is 0.711. The standard InChI is InChI=1S/C19H30N4O2/c1-6-7-8-9-17(14-20)21-15-16(2)22-10-12-23(13-11-22)18(24)25-19(3,4)5/h8-9,15H,6-7,10-13H2,1-5H3/b9-8+,16-15+,21-17+. The van der Waals surface area contributed by atoms with Crippen LogP contribution in [0.4, 0.5) is 4.79 Å². The van der Waals surface area contributed by atoms with Gasteiger partial charge in [-0.15, -0.1) is 0 Å². The first-order valence-corrected chi connectivity index (χ1v) is 8.81. The molecule has 0 unspecified atom stereocenters. The average molecular weight is 346 g/mol. The predicted molar refractivity (Wildman–Crippen MR) is 100 cm³/mol. The van der Waals surface area contributed by atoms with Gasteiger partial charge < -0.3 is 14.5 Å². The molecule has 0 aromatic heterocycles. The highest BCUT2D eigenvalue weighted by molar-refractivity contribution is 6.07. The fourth-order valence-corrected chi connectivity index (χ4v) is 2.28. The summed E-state index contributed by atoms with van der Waals surface area (Å²) in [7, 11) is 0.